The molecule has 1 aliphatic rings. The third-order valence-corrected chi connectivity index (χ3v) is 6.62. The number of hydrogen-bond acceptors (Lipinski definition) is 8. The van der Waals surface area contributed by atoms with Crippen LogP contribution in [0.4, 0.5) is 0 Å². The average Bonchev–Trinajstić information content (AvgIpc) is 3.17. The van der Waals surface area contributed by atoms with Crippen molar-refractivity contribution in [2.75, 3.05) is 13.2 Å². The van der Waals surface area contributed by atoms with Crippen LogP contribution in [0.1, 0.15) is 44.9 Å². The molecule has 1 atom stereocenters. The van der Waals surface area contributed by atoms with Gasteiger partial charge in [-0.15, -0.1) is 0 Å². The Morgan fingerprint density at radius 2 is 1.87 bits per heavy atom. The number of carbonyl (C=O) groups is 2. The number of aromatic nitrogens is 1. The summed E-state index contributed by atoms with van der Waals surface area (Å²) in [5.41, 5.74) is 7.21. The van der Waals surface area contributed by atoms with Gasteiger partial charge in [0.1, 0.15) is 0 Å². The Labute approximate surface area is 223 Å². The molecule has 2 heterocycles. The number of carbonyl (C=O) groups excluding carboxylic acids is 2. The summed E-state index contributed by atoms with van der Waals surface area (Å²) in [6, 6.07) is 13.8. The van der Waals surface area contributed by atoms with E-state index in [1.165, 1.54) is 11.3 Å². The predicted octanol–water partition coefficient (Wildman–Crippen LogP) is 2.45. The zero-order valence-electron chi connectivity index (χ0n) is 21.6. The van der Waals surface area contributed by atoms with E-state index in [2.05, 4.69) is 4.99 Å². The molecule has 9 nitrogen and oxygen atoms in total. The lowest BCUT2D eigenvalue weighted by Crippen LogP contribution is -2.40. The minimum atomic E-state index is -0.676. The van der Waals surface area contributed by atoms with Crippen molar-refractivity contribution >= 4 is 29.3 Å². The maximum absolute atomic E-state index is 13.8. The van der Waals surface area contributed by atoms with Crippen LogP contribution in [0.15, 0.2) is 69.6 Å². The lowest BCUT2D eigenvalue weighted by molar-refractivity contribution is -0.143. The molecular weight excluding hydrogens is 506 g/mol. The van der Waals surface area contributed by atoms with E-state index in [4.69, 9.17) is 19.9 Å². The van der Waals surface area contributed by atoms with Gasteiger partial charge in [0.25, 0.3) is 11.5 Å². The fourth-order valence-corrected chi connectivity index (χ4v) is 5.16. The second-order valence-electron chi connectivity index (χ2n) is 8.84. The van der Waals surface area contributed by atoms with Crippen molar-refractivity contribution in [1.82, 2.24) is 4.57 Å². The molecule has 38 heavy (non-hydrogen) atoms. The Kier molecular flexibility index (Phi) is 8.11. The van der Waals surface area contributed by atoms with Gasteiger partial charge in [-0.05, 0) is 57.0 Å². The quantitative estimate of drug-likeness (QED) is 0.420. The number of thiazole rings is 1. The number of amides is 1. The first-order chi connectivity index (χ1) is 18.2. The van der Waals surface area contributed by atoms with Crippen molar-refractivity contribution in [3.63, 3.8) is 0 Å². The largest absolute Gasteiger partial charge is 0.490 e. The highest BCUT2D eigenvalue weighted by molar-refractivity contribution is 7.07. The van der Waals surface area contributed by atoms with E-state index >= 15 is 0 Å². The number of nitrogens with two attached hydrogens (primary N) is 1. The highest BCUT2D eigenvalue weighted by Crippen LogP contribution is 2.31. The fraction of sp³-hybridized carbons (Fsp3) is 0.286. The summed E-state index contributed by atoms with van der Waals surface area (Å²) in [7, 11) is 0. The molecule has 1 aliphatic heterocycles. The maximum Gasteiger partial charge on any atom is 0.338 e. The van der Waals surface area contributed by atoms with Crippen LogP contribution in [0, 0.1) is 0 Å². The lowest BCUT2D eigenvalue weighted by Gasteiger charge is -2.25. The first-order valence-electron chi connectivity index (χ1n) is 12.2. The van der Waals surface area contributed by atoms with Crippen LogP contribution in [-0.4, -0.2) is 35.8 Å². The van der Waals surface area contributed by atoms with Crippen molar-refractivity contribution in [3.05, 3.63) is 90.6 Å². The first-order valence-corrected chi connectivity index (χ1v) is 13.0. The maximum atomic E-state index is 13.8. The summed E-state index contributed by atoms with van der Waals surface area (Å²) >= 11 is 1.23. The molecule has 3 aromatic rings. The van der Waals surface area contributed by atoms with Crippen LogP contribution < -0.4 is 30.1 Å². The van der Waals surface area contributed by atoms with E-state index < -0.39 is 17.9 Å². The molecule has 1 amide bonds. The summed E-state index contributed by atoms with van der Waals surface area (Å²) in [5.74, 6) is -0.306. The van der Waals surface area contributed by atoms with Crippen LogP contribution in [0.25, 0.3) is 6.08 Å². The molecule has 4 rings (SSSR count). The van der Waals surface area contributed by atoms with Crippen LogP contribution >= 0.6 is 11.3 Å². The van der Waals surface area contributed by atoms with Gasteiger partial charge in [-0.2, -0.15) is 0 Å². The van der Waals surface area contributed by atoms with Crippen molar-refractivity contribution in [2.24, 2.45) is 10.7 Å². The topological polar surface area (TPSA) is 122 Å². The molecule has 1 aromatic heterocycles. The van der Waals surface area contributed by atoms with E-state index in [1.807, 2.05) is 37.3 Å². The molecular formula is C28H29N3O6S. The monoisotopic (exact) mass is 535 g/mol. The second kappa shape index (κ2) is 11.5. The molecule has 0 spiro atoms. The van der Waals surface area contributed by atoms with Crippen molar-refractivity contribution < 1.29 is 23.8 Å². The van der Waals surface area contributed by atoms with Gasteiger partial charge in [0.05, 0.1) is 34.6 Å². The molecule has 198 valence electrons. The van der Waals surface area contributed by atoms with Crippen LogP contribution in [0.2, 0.25) is 0 Å². The molecule has 0 saturated carbocycles. The second-order valence-corrected chi connectivity index (χ2v) is 9.85. The number of fused-ring (bicyclic) bond motifs is 1. The zero-order valence-corrected chi connectivity index (χ0v) is 22.4. The highest BCUT2D eigenvalue weighted by atomic mass is 32.1. The van der Waals surface area contributed by atoms with Gasteiger partial charge in [-0.25, -0.2) is 9.79 Å². The van der Waals surface area contributed by atoms with Crippen LogP contribution in [-0.2, 0) is 14.3 Å². The Morgan fingerprint density at radius 3 is 2.53 bits per heavy atom. The lowest BCUT2D eigenvalue weighted by atomic mass is 9.96. The number of benzene rings is 2. The molecule has 2 N–H and O–H groups in total. The van der Waals surface area contributed by atoms with E-state index in [-0.39, 0.29) is 18.3 Å². The number of esters is 1. The smallest absolute Gasteiger partial charge is 0.338 e. The summed E-state index contributed by atoms with van der Waals surface area (Å²) in [6.07, 6.45) is 1.41. The first kappa shape index (κ1) is 26.9. The minimum absolute atomic E-state index is 0.279. The van der Waals surface area contributed by atoms with Crippen LogP contribution in [0.3, 0.4) is 0 Å². The number of nitrogens with zero attached hydrogens (tertiary/aromatic N) is 2. The van der Waals surface area contributed by atoms with Gasteiger partial charge in [0.2, 0.25) is 0 Å². The SMILES string of the molecule is CCOc1cc(C=c2sc3n(c2=O)C(c2ccccc2)C(C(=O)OC(C)C)=C(C)N=3)ccc1OCC(N)=O. The molecule has 2 aromatic carbocycles. The number of allylic oxidation sites excluding steroid dienone is 1. The Hall–Kier alpha value is -4.18. The predicted molar refractivity (Wildman–Crippen MR) is 144 cm³/mol. The van der Waals surface area contributed by atoms with Crippen molar-refractivity contribution in [3.8, 4) is 11.5 Å². The summed E-state index contributed by atoms with van der Waals surface area (Å²) in [4.78, 5) is 43.1. The zero-order chi connectivity index (χ0) is 27.4. The molecule has 1 unspecified atom stereocenters. The minimum Gasteiger partial charge on any atom is -0.490 e. The van der Waals surface area contributed by atoms with Gasteiger partial charge >= 0.3 is 5.97 Å². The van der Waals surface area contributed by atoms with Crippen molar-refractivity contribution in [2.45, 2.75) is 39.8 Å². The van der Waals surface area contributed by atoms with Gasteiger partial charge in [0.15, 0.2) is 22.9 Å². The standard InChI is InChI=1S/C28H29N3O6S/c1-5-35-21-13-18(11-12-20(21)36-15-23(29)32)14-22-26(33)31-25(19-9-7-6-8-10-19)24(27(34)37-16(2)3)17(4)30-28(31)38-22/h6-14,16,25H,5,15H2,1-4H3,(H2,29,32). The third-order valence-electron chi connectivity index (χ3n) is 5.63. The normalized spacial score (nSPS) is 15.2. The van der Waals surface area contributed by atoms with E-state index in [1.54, 1.807) is 49.6 Å². The third kappa shape index (κ3) is 5.70. The highest BCUT2D eigenvalue weighted by Gasteiger charge is 2.33. The summed E-state index contributed by atoms with van der Waals surface area (Å²) in [6.45, 7) is 7.24. The molecule has 0 aliphatic carbocycles. The average molecular weight is 536 g/mol. The Morgan fingerprint density at radius 1 is 1.13 bits per heavy atom. The molecule has 0 saturated heterocycles. The summed E-state index contributed by atoms with van der Waals surface area (Å²) < 4.78 is 18.6. The van der Waals surface area contributed by atoms with Crippen molar-refractivity contribution in [1.29, 1.82) is 0 Å². The van der Waals surface area contributed by atoms with Gasteiger partial charge in [-0.1, -0.05) is 47.7 Å². The van der Waals surface area contributed by atoms with Gasteiger partial charge in [-0.3, -0.25) is 14.2 Å². The van der Waals surface area contributed by atoms with E-state index in [0.29, 0.717) is 44.3 Å². The van der Waals surface area contributed by atoms with E-state index in [9.17, 15) is 14.4 Å². The van der Waals surface area contributed by atoms with Crippen LogP contribution in [0.5, 0.6) is 11.5 Å². The molecule has 10 heteroatoms. The number of hydrogen-bond donors (Lipinski definition) is 1. The van der Waals surface area contributed by atoms with E-state index in [0.717, 1.165) is 5.56 Å². The molecule has 0 bridgehead atoms. The van der Waals surface area contributed by atoms with Gasteiger partial charge < -0.3 is 19.9 Å². The Bertz CT molecular complexity index is 1570. The van der Waals surface area contributed by atoms with Gasteiger partial charge in [0, 0.05) is 0 Å². The molecule has 0 fully saturated rings. The number of primary amides is 1. The number of rotatable bonds is 9. The fourth-order valence-electron chi connectivity index (χ4n) is 4.11. The molecule has 0 radical (unpaired) electrons. The number of ether oxygens (including phenoxy) is 3. The summed E-state index contributed by atoms with van der Waals surface area (Å²) in [5, 5.41) is 0. The Balaban J connectivity index is 1.84.